The molecule has 0 aliphatic carbocycles. The molecule has 0 bridgehead atoms. The quantitative estimate of drug-likeness (QED) is 0.472. The summed E-state index contributed by atoms with van der Waals surface area (Å²) in [6.45, 7) is 4.92. The molecule has 1 saturated heterocycles. The third kappa shape index (κ3) is 8.70. The number of H-pyrrole nitrogens is 1. The van der Waals surface area contributed by atoms with Crippen LogP contribution in [0.1, 0.15) is 38.8 Å². The van der Waals surface area contributed by atoms with Crippen molar-refractivity contribution in [2.75, 3.05) is 39.4 Å². The fourth-order valence-electron chi connectivity index (χ4n) is 3.39. The fraction of sp³-hybridized carbons (Fsp3) is 0.682. The Kier molecular flexibility index (Phi) is 10.8. The summed E-state index contributed by atoms with van der Waals surface area (Å²) >= 11 is 0. The molecule has 1 aliphatic rings. The predicted octanol–water partition coefficient (Wildman–Crippen LogP) is 0.0193. The van der Waals surface area contributed by atoms with Crippen LogP contribution in [0.15, 0.2) is 18.6 Å². The zero-order chi connectivity index (χ0) is 23.5. The largest absolute Gasteiger partial charge is 0.388 e. The molecule has 180 valence electrons. The lowest BCUT2D eigenvalue weighted by atomic mass is 10.1. The molecule has 10 nitrogen and oxygen atoms in total. The summed E-state index contributed by atoms with van der Waals surface area (Å²) in [7, 11) is 0. The number of nitrogens with zero attached hydrogens (tertiary/aromatic N) is 3. The number of carbonyl (C=O) groups excluding carboxylic acids is 2. The number of imidazole rings is 1. The summed E-state index contributed by atoms with van der Waals surface area (Å²) in [5.41, 5.74) is 0.707. The Morgan fingerprint density at radius 1 is 1.19 bits per heavy atom. The number of aliphatic hydroxyl groups is 3. The lowest BCUT2D eigenvalue weighted by Crippen LogP contribution is -2.50. The minimum Gasteiger partial charge on any atom is -0.388 e. The maximum atomic E-state index is 12.8. The molecule has 32 heavy (non-hydrogen) atoms. The summed E-state index contributed by atoms with van der Waals surface area (Å²) in [4.78, 5) is 35.5. The van der Waals surface area contributed by atoms with E-state index in [1.807, 2.05) is 13.8 Å². The maximum Gasteiger partial charge on any atom is 0.246 e. The molecule has 1 aliphatic heterocycles. The number of aromatic nitrogens is 2. The van der Waals surface area contributed by atoms with Crippen LogP contribution in [-0.2, 0) is 14.3 Å². The number of rotatable bonds is 4. The fourth-order valence-corrected chi connectivity index (χ4v) is 3.39. The zero-order valence-corrected chi connectivity index (χ0v) is 18.9. The number of carbonyl (C=O) groups is 2. The molecule has 10 heteroatoms. The van der Waals surface area contributed by atoms with E-state index in [0.29, 0.717) is 31.7 Å². The molecular weight excluding hydrogens is 416 g/mol. The SMILES string of the molecule is CC(C)CC(=O)N1CCN(C(=O)/C=C/c2cnc[nH]2)CCCCOC[C@@H](O)[C@H](O)[C@@H](O)C1. The van der Waals surface area contributed by atoms with Gasteiger partial charge in [-0.3, -0.25) is 9.59 Å². The van der Waals surface area contributed by atoms with E-state index in [-0.39, 0.29) is 50.4 Å². The van der Waals surface area contributed by atoms with Gasteiger partial charge in [-0.2, -0.15) is 0 Å². The molecule has 1 fully saturated rings. The number of aromatic amines is 1. The molecular formula is C22H36N4O6. The van der Waals surface area contributed by atoms with E-state index in [1.165, 1.54) is 17.3 Å². The molecule has 1 aromatic heterocycles. The Labute approximate surface area is 188 Å². The zero-order valence-electron chi connectivity index (χ0n) is 18.9. The summed E-state index contributed by atoms with van der Waals surface area (Å²) in [5, 5.41) is 30.7. The second-order valence-corrected chi connectivity index (χ2v) is 8.51. The molecule has 0 unspecified atom stereocenters. The summed E-state index contributed by atoms with van der Waals surface area (Å²) < 4.78 is 5.40. The molecule has 2 amide bonds. The highest BCUT2D eigenvalue weighted by atomic mass is 16.5. The monoisotopic (exact) mass is 452 g/mol. The Hall–Kier alpha value is -2.27. The minimum atomic E-state index is -1.44. The molecule has 4 N–H and O–H groups in total. The van der Waals surface area contributed by atoms with Gasteiger partial charge in [0.2, 0.25) is 11.8 Å². The van der Waals surface area contributed by atoms with E-state index in [1.54, 1.807) is 17.2 Å². The van der Waals surface area contributed by atoms with Gasteiger partial charge in [0.15, 0.2) is 0 Å². The van der Waals surface area contributed by atoms with Gasteiger partial charge in [-0.1, -0.05) is 13.8 Å². The van der Waals surface area contributed by atoms with Gasteiger partial charge in [0.05, 0.1) is 24.8 Å². The van der Waals surface area contributed by atoms with Crippen LogP contribution < -0.4 is 0 Å². The highest BCUT2D eigenvalue weighted by molar-refractivity contribution is 5.91. The number of hydrogen-bond donors (Lipinski definition) is 4. The van der Waals surface area contributed by atoms with Gasteiger partial charge in [-0.05, 0) is 24.8 Å². The van der Waals surface area contributed by atoms with Crippen LogP contribution in [-0.4, -0.2) is 105 Å². The van der Waals surface area contributed by atoms with E-state index in [9.17, 15) is 24.9 Å². The Morgan fingerprint density at radius 3 is 2.62 bits per heavy atom. The van der Waals surface area contributed by atoms with Gasteiger partial charge in [0.25, 0.3) is 0 Å². The molecule has 1 aromatic rings. The first-order chi connectivity index (χ1) is 15.3. The molecule has 0 saturated carbocycles. The van der Waals surface area contributed by atoms with Crippen molar-refractivity contribution < 1.29 is 29.6 Å². The summed E-state index contributed by atoms with van der Waals surface area (Å²) in [5.74, 6) is -0.254. The number of β-amino-alcohol motifs (C(OH)–C–C–N with tert-alkyl or cyclic N) is 1. The van der Waals surface area contributed by atoms with Gasteiger partial charge in [-0.15, -0.1) is 0 Å². The van der Waals surface area contributed by atoms with Crippen molar-refractivity contribution in [1.29, 1.82) is 0 Å². The Morgan fingerprint density at radius 2 is 1.94 bits per heavy atom. The van der Waals surface area contributed by atoms with E-state index < -0.39 is 18.3 Å². The van der Waals surface area contributed by atoms with Crippen molar-refractivity contribution >= 4 is 17.9 Å². The minimum absolute atomic E-state index is 0.117. The van der Waals surface area contributed by atoms with E-state index in [0.717, 1.165) is 0 Å². The van der Waals surface area contributed by atoms with Gasteiger partial charge in [0, 0.05) is 45.3 Å². The van der Waals surface area contributed by atoms with Crippen LogP contribution in [0.25, 0.3) is 6.08 Å². The molecule has 2 heterocycles. The van der Waals surface area contributed by atoms with E-state index in [2.05, 4.69) is 9.97 Å². The first-order valence-electron chi connectivity index (χ1n) is 11.1. The molecule has 0 radical (unpaired) electrons. The maximum absolute atomic E-state index is 12.8. The smallest absolute Gasteiger partial charge is 0.246 e. The van der Waals surface area contributed by atoms with E-state index in [4.69, 9.17) is 4.74 Å². The normalized spacial score (nSPS) is 24.6. The molecule has 0 spiro atoms. The van der Waals surface area contributed by atoms with Gasteiger partial charge in [-0.25, -0.2) is 4.98 Å². The summed E-state index contributed by atoms with van der Waals surface area (Å²) in [6.07, 6.45) is 3.84. The lowest BCUT2D eigenvalue weighted by molar-refractivity contribution is -0.139. The number of aliphatic hydroxyl groups excluding tert-OH is 3. The highest BCUT2D eigenvalue weighted by Gasteiger charge is 2.29. The van der Waals surface area contributed by atoms with Crippen molar-refractivity contribution in [3.05, 3.63) is 24.3 Å². The number of amides is 2. The van der Waals surface area contributed by atoms with Crippen LogP contribution in [0, 0.1) is 5.92 Å². The highest BCUT2D eigenvalue weighted by Crippen LogP contribution is 2.11. The van der Waals surface area contributed by atoms with Crippen molar-refractivity contribution in [2.24, 2.45) is 5.92 Å². The lowest BCUT2D eigenvalue weighted by Gasteiger charge is -2.32. The van der Waals surface area contributed by atoms with Crippen LogP contribution >= 0.6 is 0 Å². The van der Waals surface area contributed by atoms with Gasteiger partial charge < -0.3 is 34.8 Å². The average molecular weight is 453 g/mol. The number of hydrogen-bond acceptors (Lipinski definition) is 7. The van der Waals surface area contributed by atoms with Crippen molar-refractivity contribution in [3.63, 3.8) is 0 Å². The average Bonchev–Trinajstić information content (AvgIpc) is 3.27. The van der Waals surface area contributed by atoms with Crippen LogP contribution in [0.3, 0.4) is 0 Å². The predicted molar refractivity (Wildman–Crippen MR) is 118 cm³/mol. The Balaban J connectivity index is 2.14. The van der Waals surface area contributed by atoms with Crippen LogP contribution in [0.5, 0.6) is 0 Å². The van der Waals surface area contributed by atoms with Crippen molar-refractivity contribution in [2.45, 2.75) is 51.4 Å². The molecule has 2 rings (SSSR count). The second kappa shape index (κ2) is 13.3. The summed E-state index contributed by atoms with van der Waals surface area (Å²) in [6, 6.07) is 0. The number of nitrogens with one attached hydrogen (secondary N) is 1. The first kappa shape index (κ1) is 26.0. The Bertz CT molecular complexity index is 724. The molecule has 3 atom stereocenters. The standard InChI is InChI=1S/C22H36N4O6/c1-16(2)11-21(30)26-9-8-25(20(29)6-5-17-12-23-15-24-17)7-3-4-10-32-14-19(28)22(31)18(27)13-26/h5-6,12,15-16,18-19,22,27-28,31H,3-4,7-11,13-14H2,1-2H3,(H,23,24)/b6-5+/t18-,19+,22+/m0/s1. The van der Waals surface area contributed by atoms with E-state index >= 15 is 0 Å². The van der Waals surface area contributed by atoms with Crippen LogP contribution in [0.4, 0.5) is 0 Å². The third-order valence-electron chi connectivity index (χ3n) is 5.26. The first-order valence-corrected chi connectivity index (χ1v) is 11.1. The van der Waals surface area contributed by atoms with Gasteiger partial charge >= 0.3 is 0 Å². The number of ether oxygens (including phenoxy) is 1. The van der Waals surface area contributed by atoms with Crippen molar-refractivity contribution in [3.8, 4) is 0 Å². The van der Waals surface area contributed by atoms with Crippen LogP contribution in [0.2, 0.25) is 0 Å². The van der Waals surface area contributed by atoms with Gasteiger partial charge in [0.1, 0.15) is 18.3 Å². The molecule has 0 aromatic carbocycles. The second-order valence-electron chi connectivity index (χ2n) is 8.51. The topological polar surface area (TPSA) is 139 Å². The third-order valence-corrected chi connectivity index (χ3v) is 5.26. The van der Waals surface area contributed by atoms with Crippen molar-refractivity contribution in [1.82, 2.24) is 19.8 Å².